The largest absolute Gasteiger partial charge is 0.370 e. The van der Waals surface area contributed by atoms with Crippen molar-refractivity contribution in [2.75, 3.05) is 13.1 Å². The molecule has 0 bridgehead atoms. The summed E-state index contributed by atoms with van der Waals surface area (Å²) in [5.41, 5.74) is 5.18. The highest BCUT2D eigenvalue weighted by molar-refractivity contribution is 5.85. The summed E-state index contributed by atoms with van der Waals surface area (Å²) in [5.74, 6) is 0.507. The molecule has 0 aromatic carbocycles. The Labute approximate surface area is 103 Å². The predicted octanol–water partition coefficient (Wildman–Crippen LogP) is 1.29. The fourth-order valence-corrected chi connectivity index (χ4v) is 2.83. The van der Waals surface area contributed by atoms with Gasteiger partial charge in [-0.3, -0.25) is 9.59 Å². The monoisotopic (exact) mass is 238 g/mol. The Morgan fingerprint density at radius 2 is 1.88 bits per heavy atom. The van der Waals surface area contributed by atoms with Gasteiger partial charge in [0.25, 0.3) is 0 Å². The maximum atomic E-state index is 12.3. The molecule has 4 nitrogen and oxygen atoms in total. The normalized spacial score (nSPS) is 23.5. The predicted molar refractivity (Wildman–Crippen MR) is 65.1 cm³/mol. The van der Waals surface area contributed by atoms with Crippen LogP contribution >= 0.6 is 0 Å². The summed E-state index contributed by atoms with van der Waals surface area (Å²) in [6.07, 6.45) is 5.41. The van der Waals surface area contributed by atoms with E-state index in [1.54, 1.807) is 0 Å². The number of carbonyl (C=O) groups is 2. The summed E-state index contributed by atoms with van der Waals surface area (Å²) in [4.78, 5) is 25.1. The SMILES string of the molecule is CCC1(C(=O)N2CCC(CC(N)=O)CC2)CC1. The molecule has 2 amide bonds. The third-order valence-corrected chi connectivity index (χ3v) is 4.38. The van der Waals surface area contributed by atoms with Crippen molar-refractivity contribution >= 4 is 11.8 Å². The van der Waals surface area contributed by atoms with Crippen molar-refractivity contribution in [3.63, 3.8) is 0 Å². The zero-order valence-electron chi connectivity index (χ0n) is 10.6. The molecule has 2 rings (SSSR count). The van der Waals surface area contributed by atoms with Gasteiger partial charge in [0, 0.05) is 24.9 Å². The van der Waals surface area contributed by atoms with Gasteiger partial charge in [0.15, 0.2) is 0 Å². The maximum absolute atomic E-state index is 12.3. The number of likely N-dealkylation sites (tertiary alicyclic amines) is 1. The molecule has 0 radical (unpaired) electrons. The molecule has 0 aromatic heterocycles. The van der Waals surface area contributed by atoms with E-state index >= 15 is 0 Å². The number of rotatable bonds is 4. The summed E-state index contributed by atoms with van der Waals surface area (Å²) in [7, 11) is 0. The van der Waals surface area contributed by atoms with E-state index in [0.29, 0.717) is 18.2 Å². The molecule has 1 aliphatic heterocycles. The number of amides is 2. The molecule has 17 heavy (non-hydrogen) atoms. The number of nitrogens with zero attached hydrogens (tertiary/aromatic N) is 1. The third-order valence-electron chi connectivity index (χ3n) is 4.38. The molecule has 2 fully saturated rings. The van der Waals surface area contributed by atoms with Crippen LogP contribution in [0.3, 0.4) is 0 Å². The fraction of sp³-hybridized carbons (Fsp3) is 0.846. The first-order valence-electron chi connectivity index (χ1n) is 6.65. The van der Waals surface area contributed by atoms with Gasteiger partial charge >= 0.3 is 0 Å². The van der Waals surface area contributed by atoms with Crippen LogP contribution in [0.15, 0.2) is 0 Å². The number of hydrogen-bond acceptors (Lipinski definition) is 2. The second-order valence-corrected chi connectivity index (χ2v) is 5.54. The molecule has 0 unspecified atom stereocenters. The van der Waals surface area contributed by atoms with E-state index in [4.69, 9.17) is 5.73 Å². The first kappa shape index (κ1) is 12.4. The smallest absolute Gasteiger partial charge is 0.228 e. The summed E-state index contributed by atoms with van der Waals surface area (Å²) in [5, 5.41) is 0. The molecule has 96 valence electrons. The molecule has 1 heterocycles. The van der Waals surface area contributed by atoms with E-state index in [9.17, 15) is 9.59 Å². The highest BCUT2D eigenvalue weighted by atomic mass is 16.2. The van der Waals surface area contributed by atoms with Crippen LogP contribution in [0.1, 0.15) is 45.4 Å². The van der Waals surface area contributed by atoms with Crippen LogP contribution in [0.25, 0.3) is 0 Å². The summed E-state index contributed by atoms with van der Waals surface area (Å²) in [6.45, 7) is 3.71. The molecule has 1 saturated heterocycles. The number of hydrogen-bond donors (Lipinski definition) is 1. The first-order valence-corrected chi connectivity index (χ1v) is 6.65. The van der Waals surface area contributed by atoms with E-state index in [1.807, 2.05) is 4.90 Å². The zero-order valence-corrected chi connectivity index (χ0v) is 10.6. The van der Waals surface area contributed by atoms with Crippen LogP contribution in [0.4, 0.5) is 0 Å². The third kappa shape index (κ3) is 2.61. The maximum Gasteiger partial charge on any atom is 0.228 e. The van der Waals surface area contributed by atoms with Crippen LogP contribution < -0.4 is 5.73 Å². The van der Waals surface area contributed by atoms with E-state index in [0.717, 1.165) is 45.2 Å². The van der Waals surface area contributed by atoms with Gasteiger partial charge in [0.1, 0.15) is 0 Å². The van der Waals surface area contributed by atoms with Crippen LogP contribution in [-0.2, 0) is 9.59 Å². The zero-order chi connectivity index (χ0) is 12.5. The standard InChI is InChI=1S/C13H22N2O2/c1-2-13(5-6-13)12(17)15-7-3-10(4-8-15)9-11(14)16/h10H,2-9H2,1H3,(H2,14,16). The second kappa shape index (κ2) is 4.67. The second-order valence-electron chi connectivity index (χ2n) is 5.54. The molecule has 2 aliphatic rings. The van der Waals surface area contributed by atoms with Crippen molar-refractivity contribution in [3.05, 3.63) is 0 Å². The van der Waals surface area contributed by atoms with Crippen molar-refractivity contribution in [2.45, 2.75) is 45.4 Å². The Morgan fingerprint density at radius 3 is 2.29 bits per heavy atom. The first-order chi connectivity index (χ1) is 8.07. The molecule has 0 aromatic rings. The van der Waals surface area contributed by atoms with Crippen molar-refractivity contribution in [3.8, 4) is 0 Å². The van der Waals surface area contributed by atoms with E-state index in [1.165, 1.54) is 0 Å². The van der Waals surface area contributed by atoms with Gasteiger partial charge in [-0.1, -0.05) is 6.92 Å². The molecule has 2 N–H and O–H groups in total. The molecular weight excluding hydrogens is 216 g/mol. The summed E-state index contributed by atoms with van der Waals surface area (Å²) in [6, 6.07) is 0. The number of piperidine rings is 1. The molecule has 1 aliphatic carbocycles. The number of carbonyl (C=O) groups excluding carboxylic acids is 2. The van der Waals surface area contributed by atoms with Crippen LogP contribution in [0.2, 0.25) is 0 Å². The lowest BCUT2D eigenvalue weighted by Gasteiger charge is -2.34. The summed E-state index contributed by atoms with van der Waals surface area (Å²) < 4.78 is 0. The number of primary amides is 1. The average Bonchev–Trinajstić information content (AvgIpc) is 3.09. The Hall–Kier alpha value is -1.06. The van der Waals surface area contributed by atoms with E-state index < -0.39 is 0 Å². The van der Waals surface area contributed by atoms with E-state index in [2.05, 4.69) is 6.92 Å². The average molecular weight is 238 g/mol. The number of nitrogens with two attached hydrogens (primary N) is 1. The molecule has 0 spiro atoms. The van der Waals surface area contributed by atoms with Gasteiger partial charge in [-0.25, -0.2) is 0 Å². The van der Waals surface area contributed by atoms with Gasteiger partial charge in [-0.15, -0.1) is 0 Å². The highest BCUT2D eigenvalue weighted by Crippen LogP contribution is 2.50. The fourth-order valence-electron chi connectivity index (χ4n) is 2.83. The highest BCUT2D eigenvalue weighted by Gasteiger charge is 2.50. The Kier molecular flexibility index (Phi) is 3.40. The van der Waals surface area contributed by atoms with E-state index in [-0.39, 0.29) is 11.3 Å². The molecule has 4 heteroatoms. The topological polar surface area (TPSA) is 63.4 Å². The minimum atomic E-state index is -0.220. The van der Waals surface area contributed by atoms with Gasteiger partial charge < -0.3 is 10.6 Å². The van der Waals surface area contributed by atoms with Crippen molar-refractivity contribution in [2.24, 2.45) is 17.1 Å². The molecule has 0 atom stereocenters. The minimum Gasteiger partial charge on any atom is -0.370 e. The molecular formula is C13H22N2O2. The molecule has 1 saturated carbocycles. The van der Waals surface area contributed by atoms with Gasteiger partial charge in [0.2, 0.25) is 11.8 Å². The van der Waals surface area contributed by atoms with Crippen molar-refractivity contribution in [1.29, 1.82) is 0 Å². The van der Waals surface area contributed by atoms with Gasteiger partial charge in [-0.05, 0) is 38.0 Å². The Morgan fingerprint density at radius 1 is 1.29 bits per heavy atom. The Bertz CT molecular complexity index is 315. The van der Waals surface area contributed by atoms with Gasteiger partial charge in [0.05, 0.1) is 0 Å². The van der Waals surface area contributed by atoms with Crippen LogP contribution in [0, 0.1) is 11.3 Å². The lowest BCUT2D eigenvalue weighted by molar-refractivity contribution is -0.138. The van der Waals surface area contributed by atoms with Crippen molar-refractivity contribution < 1.29 is 9.59 Å². The van der Waals surface area contributed by atoms with Gasteiger partial charge in [-0.2, -0.15) is 0 Å². The van der Waals surface area contributed by atoms with Crippen molar-refractivity contribution in [1.82, 2.24) is 4.90 Å². The lowest BCUT2D eigenvalue weighted by Crippen LogP contribution is -2.43. The van der Waals surface area contributed by atoms with Crippen LogP contribution in [-0.4, -0.2) is 29.8 Å². The van der Waals surface area contributed by atoms with Crippen LogP contribution in [0.5, 0.6) is 0 Å². The Balaban J connectivity index is 1.83. The minimum absolute atomic E-state index is 0.0173. The quantitative estimate of drug-likeness (QED) is 0.802. The lowest BCUT2D eigenvalue weighted by atomic mass is 9.91. The summed E-state index contributed by atoms with van der Waals surface area (Å²) >= 11 is 0.